The van der Waals surface area contributed by atoms with E-state index in [1.165, 1.54) is 70.6 Å². The molecule has 0 aromatic rings. The quantitative estimate of drug-likeness (QED) is 0.142. The van der Waals surface area contributed by atoms with E-state index >= 15 is 0 Å². The lowest BCUT2D eigenvalue weighted by Gasteiger charge is -2.41. The molecule has 0 aromatic carbocycles. The highest BCUT2D eigenvalue weighted by Gasteiger charge is 2.59. The number of nitrogens with one attached hydrogen (secondary N) is 1. The van der Waals surface area contributed by atoms with Gasteiger partial charge in [-0.15, -0.1) is 0 Å². The molecule has 2 aliphatic rings. The molecule has 0 spiro atoms. The Kier molecular flexibility index (Phi) is 11.8. The van der Waals surface area contributed by atoms with Crippen LogP contribution in [0.5, 0.6) is 0 Å². The first-order valence-corrected chi connectivity index (χ1v) is 13.5. The average Bonchev–Trinajstić information content (AvgIpc) is 3.22. The number of aliphatic hydroxyl groups is 2. The van der Waals surface area contributed by atoms with Gasteiger partial charge < -0.3 is 15.5 Å². The molecule has 3 N–H and O–H groups in total. The van der Waals surface area contributed by atoms with Gasteiger partial charge in [-0.05, 0) is 25.2 Å². The zero-order valence-electron chi connectivity index (χ0n) is 18.5. The molecule has 2 saturated carbocycles. The number of alkyl halides is 1. The van der Waals surface area contributed by atoms with Gasteiger partial charge in [0.2, 0.25) is 5.91 Å². The van der Waals surface area contributed by atoms with E-state index in [-0.39, 0.29) is 22.4 Å². The minimum atomic E-state index is -0.584. The molecule has 0 radical (unpaired) electrons. The molecule has 4 nitrogen and oxygen atoms in total. The third-order valence-corrected chi connectivity index (χ3v) is 9.01. The first-order valence-electron chi connectivity index (χ1n) is 12.3. The number of hydrogen-bond donors (Lipinski definition) is 3. The fourth-order valence-corrected chi connectivity index (χ4v) is 6.52. The largest absolute Gasteiger partial charge is 0.394 e. The van der Waals surface area contributed by atoms with Gasteiger partial charge in [0.25, 0.3) is 0 Å². The SMILES string of the molecule is CCCCCCCCCCCCCCCC(=O)N[C@@]1(CO)C[C@@H]2C[C@H]1[C@H](O)[C@H]2I. The number of carbonyl (C=O) groups excluding carboxylic acids is 1. The van der Waals surface area contributed by atoms with Gasteiger partial charge in [0.1, 0.15) is 0 Å². The first-order chi connectivity index (χ1) is 14.0. The lowest BCUT2D eigenvalue weighted by atomic mass is 9.79. The van der Waals surface area contributed by atoms with Gasteiger partial charge in [-0.2, -0.15) is 0 Å². The summed E-state index contributed by atoms with van der Waals surface area (Å²) in [4.78, 5) is 12.4. The molecular weight excluding hydrogens is 477 g/mol. The van der Waals surface area contributed by atoms with Crippen LogP contribution in [0.1, 0.15) is 110 Å². The van der Waals surface area contributed by atoms with Crippen LogP contribution in [0.25, 0.3) is 0 Å². The normalized spacial score (nSPS) is 30.8. The second-order valence-electron chi connectivity index (χ2n) is 9.60. The number of hydrogen-bond acceptors (Lipinski definition) is 3. The molecule has 2 rings (SSSR count). The van der Waals surface area contributed by atoms with Crippen molar-refractivity contribution in [2.75, 3.05) is 6.61 Å². The topological polar surface area (TPSA) is 69.6 Å². The second kappa shape index (κ2) is 13.5. The van der Waals surface area contributed by atoms with Gasteiger partial charge in [-0.25, -0.2) is 0 Å². The van der Waals surface area contributed by atoms with Crippen molar-refractivity contribution in [2.24, 2.45) is 11.8 Å². The van der Waals surface area contributed by atoms with Crippen molar-refractivity contribution < 1.29 is 15.0 Å². The smallest absolute Gasteiger partial charge is 0.220 e. The third kappa shape index (κ3) is 7.64. The van der Waals surface area contributed by atoms with Crippen LogP contribution in [0.3, 0.4) is 0 Å². The van der Waals surface area contributed by atoms with E-state index < -0.39 is 11.6 Å². The van der Waals surface area contributed by atoms with Gasteiger partial charge >= 0.3 is 0 Å². The zero-order valence-corrected chi connectivity index (χ0v) is 20.7. The molecule has 0 heterocycles. The van der Waals surface area contributed by atoms with Crippen LogP contribution in [0, 0.1) is 11.8 Å². The molecule has 0 aromatic heterocycles. The molecule has 0 saturated heterocycles. The molecule has 170 valence electrons. The van der Waals surface area contributed by atoms with Crippen molar-refractivity contribution in [3.8, 4) is 0 Å². The average molecular weight is 522 g/mol. The molecule has 2 fully saturated rings. The molecule has 1 amide bonds. The van der Waals surface area contributed by atoms with Crippen molar-refractivity contribution in [3.63, 3.8) is 0 Å². The lowest BCUT2D eigenvalue weighted by Crippen LogP contribution is -2.59. The Morgan fingerprint density at radius 2 is 1.48 bits per heavy atom. The van der Waals surface area contributed by atoms with Crippen LogP contribution in [0.2, 0.25) is 0 Å². The lowest BCUT2D eigenvalue weighted by molar-refractivity contribution is -0.125. The summed E-state index contributed by atoms with van der Waals surface area (Å²) < 4.78 is 0.259. The van der Waals surface area contributed by atoms with Crippen molar-refractivity contribution in [2.45, 2.75) is 125 Å². The van der Waals surface area contributed by atoms with E-state index in [2.05, 4.69) is 34.8 Å². The summed E-state index contributed by atoms with van der Waals surface area (Å²) in [6.45, 7) is 2.21. The van der Waals surface area contributed by atoms with Gasteiger partial charge in [0, 0.05) is 16.3 Å². The maximum absolute atomic E-state index is 12.4. The van der Waals surface area contributed by atoms with E-state index in [0.29, 0.717) is 12.3 Å². The molecule has 2 aliphatic carbocycles. The van der Waals surface area contributed by atoms with Gasteiger partial charge in [0.05, 0.1) is 18.2 Å². The fourth-order valence-electron chi connectivity index (χ4n) is 5.47. The number of halogens is 1. The number of fused-ring (bicyclic) bond motifs is 2. The Bertz CT molecular complexity index is 473. The van der Waals surface area contributed by atoms with Crippen LogP contribution >= 0.6 is 22.6 Å². The molecule has 0 aliphatic heterocycles. The Balaban J connectivity index is 1.46. The van der Waals surface area contributed by atoms with Gasteiger partial charge in [0.15, 0.2) is 0 Å². The second-order valence-corrected chi connectivity index (χ2v) is 11.0. The summed E-state index contributed by atoms with van der Waals surface area (Å²) >= 11 is 2.32. The predicted molar refractivity (Wildman–Crippen MR) is 128 cm³/mol. The number of unbranched alkanes of at least 4 members (excludes halogenated alkanes) is 12. The summed E-state index contributed by atoms with van der Waals surface area (Å²) in [5, 5.41) is 23.5. The number of carbonyl (C=O) groups is 1. The highest BCUT2D eigenvalue weighted by atomic mass is 127. The molecular formula is C24H44INO3. The predicted octanol–water partition coefficient (Wildman–Crippen LogP) is 5.52. The Morgan fingerprint density at radius 3 is 1.93 bits per heavy atom. The van der Waals surface area contributed by atoms with E-state index in [1.54, 1.807) is 0 Å². The fraction of sp³-hybridized carbons (Fsp3) is 0.958. The summed E-state index contributed by atoms with van der Waals surface area (Å²) in [5.41, 5.74) is -0.584. The minimum absolute atomic E-state index is 0.00925. The summed E-state index contributed by atoms with van der Waals surface area (Å²) in [6, 6.07) is 0. The van der Waals surface area contributed by atoms with Crippen LogP contribution in [-0.4, -0.2) is 38.3 Å². The van der Waals surface area contributed by atoms with E-state index in [9.17, 15) is 15.0 Å². The van der Waals surface area contributed by atoms with E-state index in [1.807, 2.05) is 0 Å². The minimum Gasteiger partial charge on any atom is -0.394 e. The van der Waals surface area contributed by atoms with Crippen LogP contribution in [-0.2, 0) is 4.79 Å². The summed E-state index contributed by atoms with van der Waals surface area (Å²) in [6.07, 6.45) is 18.8. The van der Waals surface area contributed by atoms with Crippen LogP contribution in [0.15, 0.2) is 0 Å². The number of aliphatic hydroxyl groups excluding tert-OH is 2. The third-order valence-electron chi connectivity index (χ3n) is 7.26. The standard InChI is InChI=1S/C24H44INO3/c1-2-3-4-5-6-7-8-9-10-11-12-13-14-15-21(28)26-24(18-27)17-19-16-20(24)23(29)22(19)25/h19-20,22-23,27,29H,2-18H2,1H3,(H,26,28)/t19-,20-,22-,23-,24+/m0/s1. The molecule has 5 atom stereocenters. The Labute approximate surface area is 192 Å². The molecule has 29 heavy (non-hydrogen) atoms. The number of amides is 1. The Hall–Kier alpha value is 0.120. The highest BCUT2D eigenvalue weighted by molar-refractivity contribution is 14.1. The van der Waals surface area contributed by atoms with Crippen molar-refractivity contribution in [1.29, 1.82) is 0 Å². The Morgan fingerprint density at radius 1 is 0.966 bits per heavy atom. The first kappa shape index (κ1) is 25.4. The monoisotopic (exact) mass is 521 g/mol. The van der Waals surface area contributed by atoms with Crippen molar-refractivity contribution >= 4 is 28.5 Å². The maximum atomic E-state index is 12.4. The van der Waals surface area contributed by atoms with Crippen LogP contribution in [0.4, 0.5) is 0 Å². The zero-order chi connectivity index (χ0) is 21.1. The number of rotatable bonds is 16. The summed E-state index contributed by atoms with van der Waals surface area (Å²) in [7, 11) is 0. The maximum Gasteiger partial charge on any atom is 0.220 e. The molecule has 2 bridgehead atoms. The van der Waals surface area contributed by atoms with Gasteiger partial charge in [-0.1, -0.05) is 107 Å². The van der Waals surface area contributed by atoms with Crippen molar-refractivity contribution in [3.05, 3.63) is 0 Å². The molecule has 0 unspecified atom stereocenters. The van der Waals surface area contributed by atoms with Crippen molar-refractivity contribution in [1.82, 2.24) is 5.32 Å². The highest BCUT2D eigenvalue weighted by Crippen LogP contribution is 2.53. The van der Waals surface area contributed by atoms with Crippen LogP contribution < -0.4 is 5.32 Å². The van der Waals surface area contributed by atoms with E-state index in [4.69, 9.17) is 0 Å². The molecule has 5 heteroatoms. The van der Waals surface area contributed by atoms with Gasteiger partial charge in [-0.3, -0.25) is 4.79 Å². The summed E-state index contributed by atoms with van der Waals surface area (Å²) in [5.74, 6) is 0.473. The van der Waals surface area contributed by atoms with E-state index in [0.717, 1.165) is 25.7 Å².